The number of hydrogen-bond donors (Lipinski definition) is 1. The Balaban J connectivity index is 1.43. The molecule has 3 aliphatic rings. The third kappa shape index (κ3) is 8.13. The monoisotopic (exact) mass is 651 g/mol. The molecule has 1 saturated heterocycles. The highest BCUT2D eigenvalue weighted by Gasteiger charge is 2.61. The van der Waals surface area contributed by atoms with Crippen LogP contribution in [0.3, 0.4) is 0 Å². The highest BCUT2D eigenvalue weighted by atomic mass is 35.5. The highest BCUT2D eigenvalue weighted by Crippen LogP contribution is 2.57. The van der Waals surface area contributed by atoms with Gasteiger partial charge in [-0.1, -0.05) is 66.9 Å². The van der Waals surface area contributed by atoms with E-state index in [0.29, 0.717) is 18.7 Å². The molecule has 1 saturated carbocycles. The summed E-state index contributed by atoms with van der Waals surface area (Å²) >= 11 is 6.33. The standard InChI is InChI=1S/C35H42ClN3O7/c1-34(2,3)46-30(41)16-23-14-8-5-4-6-11-15-24-19-35(24,33(43)44)20-27(40)26-17-25(21-39(26)32(23)42)45-29-18-28(36)37-31(38-29)22-12-9-7-10-13-22/h7,9-13,15,18,23-26H,4-6,8,14,16-17,19-21H2,1-3H3,(H,43,44)/b15-11-/t23-,24-,25-,26+,35-/m1/s1. The summed E-state index contributed by atoms with van der Waals surface area (Å²) in [6, 6.07) is 9.87. The molecule has 5 rings (SSSR count). The molecule has 2 aromatic rings. The van der Waals surface area contributed by atoms with Crippen molar-refractivity contribution in [2.24, 2.45) is 17.3 Å². The van der Waals surface area contributed by atoms with Gasteiger partial charge in [0, 0.05) is 30.4 Å². The van der Waals surface area contributed by atoms with E-state index in [2.05, 4.69) is 9.97 Å². The lowest BCUT2D eigenvalue weighted by atomic mass is 9.91. The zero-order valence-corrected chi connectivity index (χ0v) is 27.4. The van der Waals surface area contributed by atoms with Crippen LogP contribution in [0.5, 0.6) is 5.88 Å². The fourth-order valence-corrected chi connectivity index (χ4v) is 6.71. The Labute approximate surface area is 274 Å². The molecule has 1 amide bonds. The third-order valence-corrected chi connectivity index (χ3v) is 9.13. The van der Waals surface area contributed by atoms with Crippen molar-refractivity contribution < 1.29 is 33.8 Å². The number of Topliss-reactive ketones (excluding diaryl/α,β-unsaturated/α-hetero) is 1. The molecule has 2 fully saturated rings. The van der Waals surface area contributed by atoms with Crippen LogP contribution < -0.4 is 4.74 Å². The second-order valence-corrected chi connectivity index (χ2v) is 14.1. The third-order valence-electron chi connectivity index (χ3n) is 8.93. The first-order chi connectivity index (χ1) is 21.8. The summed E-state index contributed by atoms with van der Waals surface area (Å²) in [6.07, 6.45) is 7.27. The van der Waals surface area contributed by atoms with Gasteiger partial charge >= 0.3 is 11.9 Å². The van der Waals surface area contributed by atoms with E-state index in [0.717, 1.165) is 31.2 Å². The van der Waals surface area contributed by atoms with Crippen LogP contribution in [0.15, 0.2) is 48.6 Å². The zero-order valence-electron chi connectivity index (χ0n) is 26.6. The molecule has 2 aliphatic heterocycles. The maximum Gasteiger partial charge on any atom is 0.310 e. The number of carbonyl (C=O) groups excluding carboxylic acids is 3. The Morgan fingerprint density at radius 2 is 1.87 bits per heavy atom. The number of rotatable bonds is 6. The van der Waals surface area contributed by atoms with Crippen molar-refractivity contribution in [1.29, 1.82) is 0 Å². The summed E-state index contributed by atoms with van der Waals surface area (Å²) in [4.78, 5) is 63.9. The lowest BCUT2D eigenvalue weighted by molar-refractivity contribution is -0.159. The number of esters is 1. The predicted molar refractivity (Wildman–Crippen MR) is 171 cm³/mol. The van der Waals surface area contributed by atoms with E-state index < -0.39 is 41.0 Å². The molecule has 1 aliphatic carbocycles. The molecule has 1 aromatic heterocycles. The van der Waals surface area contributed by atoms with Crippen molar-refractivity contribution in [3.8, 4) is 17.3 Å². The fourth-order valence-electron chi connectivity index (χ4n) is 6.54. The molecular formula is C35H42ClN3O7. The fraction of sp³-hybridized carbons (Fsp3) is 0.543. The van der Waals surface area contributed by atoms with Crippen LogP contribution in [0.2, 0.25) is 5.15 Å². The Hall–Kier alpha value is -3.79. The highest BCUT2D eigenvalue weighted by molar-refractivity contribution is 6.29. The summed E-state index contributed by atoms with van der Waals surface area (Å²) < 4.78 is 11.8. The second kappa shape index (κ2) is 13.9. The molecule has 10 nitrogen and oxygen atoms in total. The van der Waals surface area contributed by atoms with Gasteiger partial charge in [0.25, 0.3) is 0 Å². The molecule has 0 bridgehead atoms. The Kier molecular flexibility index (Phi) is 10.2. The van der Waals surface area contributed by atoms with Gasteiger partial charge in [0.2, 0.25) is 11.8 Å². The molecule has 3 heterocycles. The molecule has 246 valence electrons. The van der Waals surface area contributed by atoms with E-state index in [1.54, 1.807) is 20.8 Å². The van der Waals surface area contributed by atoms with Gasteiger partial charge in [0.15, 0.2) is 11.6 Å². The van der Waals surface area contributed by atoms with Crippen LogP contribution in [-0.2, 0) is 23.9 Å². The summed E-state index contributed by atoms with van der Waals surface area (Å²) in [6.45, 7) is 5.41. The van der Waals surface area contributed by atoms with E-state index >= 15 is 0 Å². The summed E-state index contributed by atoms with van der Waals surface area (Å²) in [5.74, 6) is -2.48. The number of carboxylic acid groups (broad SMARTS) is 1. The van der Waals surface area contributed by atoms with E-state index in [-0.39, 0.29) is 54.4 Å². The number of ketones is 1. The van der Waals surface area contributed by atoms with Crippen LogP contribution in [0.1, 0.15) is 78.6 Å². The van der Waals surface area contributed by atoms with Gasteiger partial charge in [-0.3, -0.25) is 19.2 Å². The quantitative estimate of drug-likeness (QED) is 0.224. The number of carbonyl (C=O) groups is 4. The van der Waals surface area contributed by atoms with Crippen molar-refractivity contribution in [2.45, 2.75) is 96.3 Å². The normalized spacial score (nSPS) is 27.9. The molecule has 0 radical (unpaired) electrons. The lowest BCUT2D eigenvalue weighted by Gasteiger charge is -2.29. The van der Waals surface area contributed by atoms with Gasteiger partial charge < -0.3 is 19.5 Å². The van der Waals surface area contributed by atoms with Crippen molar-refractivity contribution in [3.63, 3.8) is 0 Å². The molecule has 11 heteroatoms. The number of ether oxygens (including phenoxy) is 2. The SMILES string of the molecule is CC(C)(C)OC(=O)C[C@H]1CCCCC/C=C\[C@@H]2C[C@@]2(C(=O)O)CC(=O)[C@@H]2C[C@@H](Oc3cc(Cl)nc(-c4ccccc4)n3)CN2C1=O. The minimum absolute atomic E-state index is 0.0752. The first-order valence-electron chi connectivity index (χ1n) is 16.1. The van der Waals surface area contributed by atoms with Gasteiger partial charge in [-0.25, -0.2) is 4.98 Å². The summed E-state index contributed by atoms with van der Waals surface area (Å²) in [7, 11) is 0. The molecule has 5 atom stereocenters. The average Bonchev–Trinajstić information content (AvgIpc) is 3.52. The van der Waals surface area contributed by atoms with Gasteiger partial charge in [-0.05, 0) is 52.4 Å². The Morgan fingerprint density at radius 1 is 1.11 bits per heavy atom. The average molecular weight is 652 g/mol. The first-order valence-corrected chi connectivity index (χ1v) is 16.4. The lowest BCUT2D eigenvalue weighted by Crippen LogP contribution is -2.45. The van der Waals surface area contributed by atoms with Gasteiger partial charge in [-0.15, -0.1) is 0 Å². The minimum Gasteiger partial charge on any atom is -0.481 e. The molecule has 0 unspecified atom stereocenters. The summed E-state index contributed by atoms with van der Waals surface area (Å²) in [5, 5.41) is 10.3. The van der Waals surface area contributed by atoms with Crippen LogP contribution in [0.25, 0.3) is 11.4 Å². The number of allylic oxidation sites excluding steroid dienone is 2. The largest absolute Gasteiger partial charge is 0.481 e. The smallest absolute Gasteiger partial charge is 0.310 e. The first kappa shape index (κ1) is 33.6. The number of nitrogens with zero attached hydrogens (tertiary/aromatic N) is 3. The Bertz CT molecular complexity index is 1490. The van der Waals surface area contributed by atoms with Crippen LogP contribution in [-0.4, -0.2) is 67.9 Å². The van der Waals surface area contributed by atoms with E-state index in [9.17, 15) is 24.3 Å². The number of aliphatic carboxylic acids is 1. The number of carboxylic acids is 1. The molecule has 46 heavy (non-hydrogen) atoms. The van der Waals surface area contributed by atoms with E-state index in [1.165, 1.54) is 11.0 Å². The number of amides is 1. The van der Waals surface area contributed by atoms with Gasteiger partial charge in [-0.2, -0.15) is 4.98 Å². The van der Waals surface area contributed by atoms with Crippen molar-refractivity contribution in [1.82, 2.24) is 14.9 Å². The van der Waals surface area contributed by atoms with Crippen molar-refractivity contribution >= 4 is 35.2 Å². The van der Waals surface area contributed by atoms with E-state index in [4.69, 9.17) is 21.1 Å². The number of benzene rings is 1. The van der Waals surface area contributed by atoms with E-state index in [1.807, 2.05) is 42.5 Å². The van der Waals surface area contributed by atoms with Gasteiger partial charge in [0.1, 0.15) is 16.9 Å². The number of hydrogen-bond acceptors (Lipinski definition) is 8. The minimum atomic E-state index is -1.18. The molecule has 1 aromatic carbocycles. The van der Waals surface area contributed by atoms with Crippen LogP contribution >= 0.6 is 11.6 Å². The maximum atomic E-state index is 14.2. The maximum absolute atomic E-state index is 14.2. The Morgan fingerprint density at radius 3 is 2.59 bits per heavy atom. The zero-order chi connectivity index (χ0) is 33.1. The molecular weight excluding hydrogens is 610 g/mol. The van der Waals surface area contributed by atoms with Crippen LogP contribution in [0, 0.1) is 17.3 Å². The number of halogens is 1. The van der Waals surface area contributed by atoms with Crippen molar-refractivity contribution in [3.05, 3.63) is 53.7 Å². The van der Waals surface area contributed by atoms with Crippen LogP contribution in [0.4, 0.5) is 0 Å². The number of aromatic nitrogens is 2. The molecule has 0 spiro atoms. The molecule has 1 N–H and O–H groups in total. The summed E-state index contributed by atoms with van der Waals surface area (Å²) in [5.41, 5.74) is -1.14. The predicted octanol–water partition coefficient (Wildman–Crippen LogP) is 6.06. The van der Waals surface area contributed by atoms with Crippen molar-refractivity contribution in [2.75, 3.05) is 6.54 Å². The number of fused-ring (bicyclic) bond motifs is 2. The van der Waals surface area contributed by atoms with Gasteiger partial charge in [0.05, 0.1) is 24.4 Å². The second-order valence-electron chi connectivity index (χ2n) is 13.7. The topological polar surface area (TPSA) is 136 Å².